The van der Waals surface area contributed by atoms with Crippen LogP contribution in [0, 0.1) is 17.6 Å². The number of aliphatic imine (C=N–C) groups is 1. The van der Waals surface area contributed by atoms with Crippen LogP contribution in [0.25, 0.3) is 0 Å². The molecule has 128 valence electrons. The molecule has 1 heterocycles. The second kappa shape index (κ2) is 8.82. The summed E-state index contributed by atoms with van der Waals surface area (Å²) in [6.07, 6.45) is 1.50. The molecule has 1 aliphatic heterocycles. The van der Waals surface area contributed by atoms with Crippen molar-refractivity contribution in [3.8, 4) is 0 Å². The Labute approximate surface area is 136 Å². The first kappa shape index (κ1) is 17.7. The van der Waals surface area contributed by atoms with Crippen molar-refractivity contribution in [3.05, 3.63) is 35.4 Å². The highest BCUT2D eigenvalue weighted by molar-refractivity contribution is 5.80. The normalized spacial score (nSPS) is 18.5. The minimum Gasteiger partial charge on any atom is -0.381 e. The third-order valence-corrected chi connectivity index (χ3v) is 4.04. The van der Waals surface area contributed by atoms with Crippen molar-refractivity contribution in [2.24, 2.45) is 10.9 Å². The third kappa shape index (κ3) is 5.16. The van der Waals surface area contributed by atoms with Gasteiger partial charge in [0.1, 0.15) is 11.6 Å². The van der Waals surface area contributed by atoms with Crippen molar-refractivity contribution in [1.82, 2.24) is 10.2 Å². The molecule has 2 rings (SSSR count). The summed E-state index contributed by atoms with van der Waals surface area (Å²) < 4.78 is 32.2. The molecule has 1 unspecified atom stereocenters. The molecule has 0 bridgehead atoms. The summed E-state index contributed by atoms with van der Waals surface area (Å²) in [5.74, 6) is 0.542. The van der Waals surface area contributed by atoms with Gasteiger partial charge < -0.3 is 15.0 Å². The number of hydrogen-bond donors (Lipinski definition) is 1. The largest absolute Gasteiger partial charge is 0.381 e. The molecule has 4 nitrogen and oxygen atoms in total. The van der Waals surface area contributed by atoms with Gasteiger partial charge in [0, 0.05) is 39.2 Å². The average molecular weight is 325 g/mol. The van der Waals surface area contributed by atoms with Crippen molar-refractivity contribution in [3.63, 3.8) is 0 Å². The number of nitrogens with one attached hydrogen (secondary N) is 1. The van der Waals surface area contributed by atoms with Crippen LogP contribution in [0.1, 0.15) is 18.9 Å². The average Bonchev–Trinajstić information content (AvgIpc) is 3.01. The molecule has 1 N–H and O–H groups in total. The van der Waals surface area contributed by atoms with Gasteiger partial charge in [0.15, 0.2) is 5.96 Å². The summed E-state index contributed by atoms with van der Waals surface area (Å²) in [4.78, 5) is 6.46. The quantitative estimate of drug-likeness (QED) is 0.645. The van der Waals surface area contributed by atoms with E-state index >= 15 is 0 Å². The van der Waals surface area contributed by atoms with Crippen molar-refractivity contribution < 1.29 is 13.5 Å². The van der Waals surface area contributed by atoms with Crippen molar-refractivity contribution in [2.45, 2.75) is 19.8 Å². The van der Waals surface area contributed by atoms with E-state index in [1.807, 2.05) is 6.92 Å². The zero-order valence-electron chi connectivity index (χ0n) is 13.8. The number of likely N-dealkylation sites (tertiary alicyclic amines) is 1. The van der Waals surface area contributed by atoms with Crippen LogP contribution in [0.4, 0.5) is 8.78 Å². The summed E-state index contributed by atoms with van der Waals surface area (Å²) >= 11 is 0. The van der Waals surface area contributed by atoms with Crippen molar-refractivity contribution >= 4 is 5.96 Å². The number of rotatable bonds is 6. The first-order chi connectivity index (χ1) is 11.1. The Morgan fingerprint density at radius 3 is 3.00 bits per heavy atom. The maximum atomic E-state index is 13.6. The number of halogens is 2. The summed E-state index contributed by atoms with van der Waals surface area (Å²) in [6.45, 7) is 5.87. The first-order valence-corrected chi connectivity index (χ1v) is 8.11. The molecule has 1 aromatic rings. The standard InChI is InChI=1S/C17H25F2N3O/c1-3-23-12-13-7-9-22(11-13)17(20-2)21-8-6-14-10-15(18)4-5-16(14)19/h4-5,10,13H,3,6-9,11-12H2,1-2H3,(H,20,21). The Morgan fingerprint density at radius 1 is 1.43 bits per heavy atom. The molecule has 1 saturated heterocycles. The second-order valence-corrected chi connectivity index (χ2v) is 5.72. The summed E-state index contributed by atoms with van der Waals surface area (Å²) in [6, 6.07) is 3.54. The highest BCUT2D eigenvalue weighted by Gasteiger charge is 2.24. The fourth-order valence-electron chi connectivity index (χ4n) is 2.82. The topological polar surface area (TPSA) is 36.9 Å². The van der Waals surface area contributed by atoms with E-state index in [2.05, 4.69) is 15.2 Å². The molecule has 23 heavy (non-hydrogen) atoms. The van der Waals surface area contributed by atoms with Gasteiger partial charge in [0.2, 0.25) is 0 Å². The van der Waals surface area contributed by atoms with Gasteiger partial charge in [0.25, 0.3) is 0 Å². The predicted molar refractivity (Wildman–Crippen MR) is 87.6 cm³/mol. The molecule has 0 saturated carbocycles. The lowest BCUT2D eigenvalue weighted by Gasteiger charge is -2.21. The Morgan fingerprint density at radius 2 is 2.26 bits per heavy atom. The summed E-state index contributed by atoms with van der Waals surface area (Å²) in [5, 5.41) is 3.23. The van der Waals surface area contributed by atoms with Crippen molar-refractivity contribution in [2.75, 3.05) is 39.9 Å². The predicted octanol–water partition coefficient (Wildman–Crippen LogP) is 2.44. The van der Waals surface area contributed by atoms with E-state index in [9.17, 15) is 8.78 Å². The minimum atomic E-state index is -0.413. The molecule has 1 aromatic carbocycles. The van der Waals surface area contributed by atoms with Gasteiger partial charge in [-0.15, -0.1) is 0 Å². The Kier molecular flexibility index (Phi) is 6.77. The summed E-state index contributed by atoms with van der Waals surface area (Å²) in [5.41, 5.74) is 0.378. The third-order valence-electron chi connectivity index (χ3n) is 4.04. The van der Waals surface area contributed by atoms with Crippen LogP contribution in [-0.4, -0.2) is 50.8 Å². The van der Waals surface area contributed by atoms with Crippen LogP contribution < -0.4 is 5.32 Å². The monoisotopic (exact) mass is 325 g/mol. The number of hydrogen-bond acceptors (Lipinski definition) is 2. The fraction of sp³-hybridized carbons (Fsp3) is 0.588. The highest BCUT2D eigenvalue weighted by Crippen LogP contribution is 2.16. The molecular formula is C17H25F2N3O. The van der Waals surface area contributed by atoms with Gasteiger partial charge in [-0.1, -0.05) is 0 Å². The number of ether oxygens (including phenoxy) is 1. The van der Waals surface area contributed by atoms with E-state index < -0.39 is 5.82 Å². The molecular weight excluding hydrogens is 300 g/mol. The zero-order chi connectivity index (χ0) is 16.7. The Balaban J connectivity index is 1.81. The molecule has 0 amide bonds. The van der Waals surface area contributed by atoms with Gasteiger partial charge in [-0.3, -0.25) is 4.99 Å². The lowest BCUT2D eigenvalue weighted by atomic mass is 10.1. The maximum Gasteiger partial charge on any atom is 0.193 e. The molecule has 1 fully saturated rings. The molecule has 6 heteroatoms. The molecule has 0 aliphatic carbocycles. The van der Waals surface area contributed by atoms with Crippen LogP contribution in [0.2, 0.25) is 0 Å². The van der Waals surface area contributed by atoms with E-state index in [4.69, 9.17) is 4.74 Å². The van der Waals surface area contributed by atoms with Crippen LogP contribution in [0.3, 0.4) is 0 Å². The van der Waals surface area contributed by atoms with Crippen LogP contribution in [0.15, 0.2) is 23.2 Å². The van der Waals surface area contributed by atoms with E-state index in [0.717, 1.165) is 50.8 Å². The van der Waals surface area contributed by atoms with E-state index in [0.29, 0.717) is 24.4 Å². The lowest BCUT2D eigenvalue weighted by molar-refractivity contribution is 0.114. The van der Waals surface area contributed by atoms with E-state index in [1.54, 1.807) is 7.05 Å². The number of benzene rings is 1. The van der Waals surface area contributed by atoms with Gasteiger partial charge in [-0.05, 0) is 43.5 Å². The zero-order valence-corrected chi connectivity index (χ0v) is 13.8. The Hall–Kier alpha value is -1.69. The van der Waals surface area contributed by atoms with Crippen LogP contribution >= 0.6 is 0 Å². The van der Waals surface area contributed by atoms with Gasteiger partial charge >= 0.3 is 0 Å². The minimum absolute atomic E-state index is 0.374. The van der Waals surface area contributed by atoms with Gasteiger partial charge in [-0.2, -0.15) is 0 Å². The molecule has 0 radical (unpaired) electrons. The van der Waals surface area contributed by atoms with Gasteiger partial charge in [0.05, 0.1) is 6.61 Å². The highest BCUT2D eigenvalue weighted by atomic mass is 19.1. The SMILES string of the molecule is CCOCC1CCN(C(=NC)NCCc2cc(F)ccc2F)C1. The van der Waals surface area contributed by atoms with Crippen molar-refractivity contribution in [1.29, 1.82) is 0 Å². The first-order valence-electron chi connectivity index (χ1n) is 8.11. The van der Waals surface area contributed by atoms with E-state index in [-0.39, 0.29) is 5.82 Å². The second-order valence-electron chi connectivity index (χ2n) is 5.72. The smallest absolute Gasteiger partial charge is 0.193 e. The Bertz CT molecular complexity index is 537. The van der Waals surface area contributed by atoms with Crippen LogP contribution in [-0.2, 0) is 11.2 Å². The maximum absolute atomic E-state index is 13.6. The molecule has 1 aliphatic rings. The molecule has 0 aromatic heterocycles. The number of nitrogens with zero attached hydrogens (tertiary/aromatic N) is 2. The van der Waals surface area contributed by atoms with E-state index in [1.165, 1.54) is 6.07 Å². The molecule has 1 atom stereocenters. The molecule has 0 spiro atoms. The van der Waals surface area contributed by atoms with Gasteiger partial charge in [-0.25, -0.2) is 8.78 Å². The number of guanidine groups is 1. The fourth-order valence-corrected chi connectivity index (χ4v) is 2.82. The lowest BCUT2D eigenvalue weighted by Crippen LogP contribution is -2.41. The summed E-state index contributed by atoms with van der Waals surface area (Å²) in [7, 11) is 1.74. The van der Waals surface area contributed by atoms with Crippen LogP contribution in [0.5, 0.6) is 0 Å².